The van der Waals surface area contributed by atoms with Crippen molar-refractivity contribution < 1.29 is 9.47 Å². The third-order valence-electron chi connectivity index (χ3n) is 2.92. The predicted molar refractivity (Wildman–Crippen MR) is 83.2 cm³/mol. The van der Waals surface area contributed by atoms with Gasteiger partial charge in [-0.25, -0.2) is 4.98 Å². The summed E-state index contributed by atoms with van der Waals surface area (Å²) in [6.45, 7) is 1.57. The molecule has 2 N–H and O–H groups in total. The maximum absolute atomic E-state index is 5.70. The van der Waals surface area contributed by atoms with E-state index in [1.165, 1.54) is 11.3 Å². The van der Waals surface area contributed by atoms with Gasteiger partial charge in [-0.3, -0.25) is 0 Å². The van der Waals surface area contributed by atoms with Crippen molar-refractivity contribution in [3.05, 3.63) is 30.5 Å². The van der Waals surface area contributed by atoms with Crippen LogP contribution in [0.2, 0.25) is 0 Å². The molecular weight excluding hydrogens is 272 g/mol. The van der Waals surface area contributed by atoms with Crippen molar-refractivity contribution in [3.8, 4) is 16.2 Å². The van der Waals surface area contributed by atoms with Gasteiger partial charge in [0.2, 0.25) is 0 Å². The number of rotatable bonds is 8. The van der Waals surface area contributed by atoms with Gasteiger partial charge in [-0.2, -0.15) is 0 Å². The van der Waals surface area contributed by atoms with E-state index in [-0.39, 0.29) is 0 Å². The second-order valence-electron chi connectivity index (χ2n) is 4.49. The number of unbranched alkanes of at least 4 members (excludes halogenated alkanes) is 2. The van der Waals surface area contributed by atoms with Crippen molar-refractivity contribution in [1.29, 1.82) is 0 Å². The number of ether oxygens (including phenoxy) is 2. The smallest absolute Gasteiger partial charge is 0.180 e. The van der Waals surface area contributed by atoms with Crippen LogP contribution >= 0.6 is 11.3 Å². The van der Waals surface area contributed by atoms with Crippen LogP contribution in [-0.4, -0.2) is 25.3 Å². The number of anilines is 1. The Hall–Kier alpha value is -1.59. The third-order valence-corrected chi connectivity index (χ3v) is 3.80. The molecule has 20 heavy (non-hydrogen) atoms. The van der Waals surface area contributed by atoms with E-state index in [4.69, 9.17) is 15.2 Å². The van der Waals surface area contributed by atoms with Crippen LogP contribution in [0.4, 0.5) is 5.13 Å². The highest BCUT2D eigenvalue weighted by atomic mass is 32.1. The SMILES string of the molecule is COCCCCCOc1ccc(-c2cnc(N)s2)cc1. The minimum Gasteiger partial charge on any atom is -0.494 e. The largest absolute Gasteiger partial charge is 0.494 e. The fourth-order valence-corrected chi connectivity index (χ4v) is 2.54. The van der Waals surface area contributed by atoms with Gasteiger partial charge in [0.05, 0.1) is 11.5 Å². The van der Waals surface area contributed by atoms with E-state index < -0.39 is 0 Å². The van der Waals surface area contributed by atoms with Crippen molar-refractivity contribution >= 4 is 16.5 Å². The molecule has 2 aromatic rings. The molecule has 108 valence electrons. The summed E-state index contributed by atoms with van der Waals surface area (Å²) < 4.78 is 10.7. The van der Waals surface area contributed by atoms with Gasteiger partial charge in [-0.15, -0.1) is 0 Å². The first-order valence-electron chi connectivity index (χ1n) is 6.73. The van der Waals surface area contributed by atoms with Crippen molar-refractivity contribution in [2.75, 3.05) is 26.1 Å². The van der Waals surface area contributed by atoms with Crippen molar-refractivity contribution in [1.82, 2.24) is 4.98 Å². The second-order valence-corrected chi connectivity index (χ2v) is 5.55. The predicted octanol–water partition coefficient (Wildman–Crippen LogP) is 3.59. The van der Waals surface area contributed by atoms with Crippen LogP contribution in [0.5, 0.6) is 5.75 Å². The zero-order valence-electron chi connectivity index (χ0n) is 11.7. The number of aromatic nitrogens is 1. The van der Waals surface area contributed by atoms with E-state index in [2.05, 4.69) is 4.98 Å². The molecule has 0 atom stereocenters. The van der Waals surface area contributed by atoms with E-state index in [9.17, 15) is 0 Å². The average Bonchev–Trinajstić information content (AvgIpc) is 2.90. The summed E-state index contributed by atoms with van der Waals surface area (Å²) in [5.41, 5.74) is 6.75. The molecule has 2 rings (SSSR count). The van der Waals surface area contributed by atoms with Crippen LogP contribution in [0.25, 0.3) is 10.4 Å². The number of nitrogen functional groups attached to an aromatic ring is 1. The molecule has 4 nitrogen and oxygen atoms in total. The molecule has 0 bridgehead atoms. The maximum Gasteiger partial charge on any atom is 0.180 e. The molecule has 0 aliphatic carbocycles. The minimum absolute atomic E-state index is 0.594. The van der Waals surface area contributed by atoms with Crippen LogP contribution < -0.4 is 10.5 Å². The van der Waals surface area contributed by atoms with Crippen LogP contribution in [0, 0.1) is 0 Å². The molecule has 0 amide bonds. The molecule has 0 radical (unpaired) electrons. The van der Waals surface area contributed by atoms with E-state index >= 15 is 0 Å². The van der Waals surface area contributed by atoms with Gasteiger partial charge in [0.1, 0.15) is 5.75 Å². The summed E-state index contributed by atoms with van der Waals surface area (Å²) in [5, 5.41) is 0.594. The lowest BCUT2D eigenvalue weighted by molar-refractivity contribution is 0.189. The molecule has 0 aliphatic heterocycles. The number of methoxy groups -OCH3 is 1. The van der Waals surface area contributed by atoms with Crippen LogP contribution in [0.15, 0.2) is 30.5 Å². The molecule has 1 heterocycles. The lowest BCUT2D eigenvalue weighted by Gasteiger charge is -2.06. The van der Waals surface area contributed by atoms with Crippen LogP contribution in [-0.2, 0) is 4.74 Å². The number of nitrogens with two attached hydrogens (primary N) is 1. The van der Waals surface area contributed by atoms with Gasteiger partial charge in [0.25, 0.3) is 0 Å². The molecule has 0 spiro atoms. The van der Waals surface area contributed by atoms with Gasteiger partial charge in [0, 0.05) is 19.9 Å². The molecule has 5 heteroatoms. The molecule has 1 aromatic carbocycles. The van der Waals surface area contributed by atoms with E-state index in [0.29, 0.717) is 5.13 Å². The van der Waals surface area contributed by atoms with E-state index in [1.54, 1.807) is 13.3 Å². The fraction of sp³-hybridized carbons (Fsp3) is 0.400. The first kappa shape index (κ1) is 14.8. The molecule has 0 saturated heterocycles. The first-order valence-corrected chi connectivity index (χ1v) is 7.54. The number of thiazole rings is 1. The molecule has 0 fully saturated rings. The average molecular weight is 292 g/mol. The monoisotopic (exact) mass is 292 g/mol. The highest BCUT2D eigenvalue weighted by molar-refractivity contribution is 7.18. The van der Waals surface area contributed by atoms with Gasteiger partial charge >= 0.3 is 0 Å². The number of hydrogen-bond acceptors (Lipinski definition) is 5. The standard InChI is InChI=1S/C15H20N2O2S/c1-18-9-3-2-4-10-19-13-7-5-12(6-8-13)14-11-17-15(16)20-14/h5-8,11H,2-4,9-10H2,1H3,(H2,16,17). The Kier molecular flexibility index (Phi) is 5.83. The quantitative estimate of drug-likeness (QED) is 0.755. The topological polar surface area (TPSA) is 57.4 Å². The Morgan fingerprint density at radius 3 is 2.50 bits per heavy atom. The Morgan fingerprint density at radius 2 is 1.85 bits per heavy atom. The minimum atomic E-state index is 0.594. The Labute approximate surface area is 123 Å². The molecular formula is C15H20N2O2S. The fourth-order valence-electron chi connectivity index (χ4n) is 1.85. The third kappa shape index (κ3) is 4.51. The highest BCUT2D eigenvalue weighted by Crippen LogP contribution is 2.28. The molecule has 0 unspecified atom stereocenters. The highest BCUT2D eigenvalue weighted by Gasteiger charge is 2.02. The molecule has 1 aromatic heterocycles. The van der Waals surface area contributed by atoms with Crippen LogP contribution in [0.1, 0.15) is 19.3 Å². The summed E-state index contributed by atoms with van der Waals surface area (Å²) in [5.74, 6) is 0.901. The summed E-state index contributed by atoms with van der Waals surface area (Å²) in [6.07, 6.45) is 5.07. The number of benzene rings is 1. The maximum atomic E-state index is 5.70. The van der Waals surface area contributed by atoms with Gasteiger partial charge in [-0.05, 0) is 49.1 Å². The molecule has 0 saturated carbocycles. The van der Waals surface area contributed by atoms with Gasteiger partial charge in [-0.1, -0.05) is 11.3 Å². The second kappa shape index (κ2) is 7.87. The number of nitrogens with zero attached hydrogens (tertiary/aromatic N) is 1. The Morgan fingerprint density at radius 1 is 1.10 bits per heavy atom. The zero-order valence-corrected chi connectivity index (χ0v) is 12.5. The van der Waals surface area contributed by atoms with Crippen molar-refractivity contribution in [3.63, 3.8) is 0 Å². The Balaban J connectivity index is 1.77. The van der Waals surface area contributed by atoms with Crippen LogP contribution in [0.3, 0.4) is 0 Å². The van der Waals surface area contributed by atoms with E-state index in [1.807, 2.05) is 24.3 Å². The lowest BCUT2D eigenvalue weighted by atomic mass is 10.2. The van der Waals surface area contributed by atoms with E-state index in [0.717, 1.165) is 48.7 Å². The van der Waals surface area contributed by atoms with Gasteiger partial charge in [0.15, 0.2) is 5.13 Å². The number of hydrogen-bond donors (Lipinski definition) is 1. The van der Waals surface area contributed by atoms with Crippen molar-refractivity contribution in [2.45, 2.75) is 19.3 Å². The summed E-state index contributed by atoms with van der Waals surface area (Å²) >= 11 is 1.49. The lowest BCUT2D eigenvalue weighted by Crippen LogP contribution is -1.98. The summed E-state index contributed by atoms with van der Waals surface area (Å²) in [4.78, 5) is 5.13. The molecule has 0 aliphatic rings. The normalized spacial score (nSPS) is 10.7. The first-order chi connectivity index (χ1) is 9.79. The summed E-state index contributed by atoms with van der Waals surface area (Å²) in [6, 6.07) is 8.04. The van der Waals surface area contributed by atoms with Crippen molar-refractivity contribution in [2.24, 2.45) is 0 Å². The Bertz CT molecular complexity index is 511. The zero-order chi connectivity index (χ0) is 14.2. The van der Waals surface area contributed by atoms with Gasteiger partial charge < -0.3 is 15.2 Å². The summed E-state index contributed by atoms with van der Waals surface area (Å²) in [7, 11) is 1.73.